The number of para-hydroxylation sites is 1. The lowest BCUT2D eigenvalue weighted by Gasteiger charge is -2.25. The molecule has 7 N–H and O–H groups in total. The van der Waals surface area contributed by atoms with Crippen LogP contribution in [0.5, 0.6) is 5.75 Å². The number of carboxylic acid groups (broad SMARTS) is 2. The number of carbonyl (C=O) groups excluding carboxylic acids is 2. The van der Waals surface area contributed by atoms with Crippen LogP contribution in [0.4, 0.5) is 5.69 Å². The number of hydrogen-bond donors (Lipinski definition) is 4. The lowest BCUT2D eigenvalue weighted by atomic mass is 9.89. The Hall–Kier alpha value is -4.73. The van der Waals surface area contributed by atoms with Gasteiger partial charge in [-0.2, -0.15) is 0 Å². The minimum absolute atomic E-state index is 0.0604. The van der Waals surface area contributed by atoms with Crippen LogP contribution >= 0.6 is 0 Å². The largest absolute Gasteiger partial charge is 0.872 e. The van der Waals surface area contributed by atoms with Crippen molar-refractivity contribution in [1.82, 2.24) is 0 Å². The maximum Gasteiger partial charge on any atom is 0.271 e. The molecular formula is C24H20N5O5-. The average Bonchev–Trinajstić information content (AvgIpc) is 3.21. The fourth-order valence-electron chi connectivity index (χ4n) is 3.93. The maximum absolute atomic E-state index is 13.5. The number of benzene rings is 3. The third-order valence-corrected chi connectivity index (χ3v) is 5.63. The van der Waals surface area contributed by atoms with E-state index in [1.54, 1.807) is 42.5 Å². The average molecular weight is 458 g/mol. The second-order valence-corrected chi connectivity index (χ2v) is 7.89. The normalized spacial score (nSPS) is 15.0. The predicted octanol–water partition coefficient (Wildman–Crippen LogP) is -5.52. The van der Waals surface area contributed by atoms with Crippen LogP contribution in [0.25, 0.3) is 11.1 Å². The smallest absolute Gasteiger partial charge is 0.271 e. The standard InChI is InChI=1S/C24H21N5O5/c25-17-4-2-1-3-13(17)15-7-12(14(24(33)34)10-20(30)31)8-16(21(15)32)23-28-18-6-5-11(22(26)27)9-19(18)29-23/h1-9,14,23,32H,10,25H2,(H3,26,27)(H,30,31)(H,33,34)/p-1/t14-,23?/m1/s1. The van der Waals surface area contributed by atoms with Gasteiger partial charge in [0.1, 0.15) is 5.36 Å². The van der Waals surface area contributed by atoms with Crippen LogP contribution in [0.2, 0.25) is 0 Å². The summed E-state index contributed by atoms with van der Waals surface area (Å²) in [6.07, 6.45) is -1.69. The molecule has 4 rings (SSSR count). The molecule has 34 heavy (non-hydrogen) atoms. The van der Waals surface area contributed by atoms with E-state index in [0.717, 1.165) is 0 Å². The number of nitrogen functional groups attached to an aromatic ring is 1. The summed E-state index contributed by atoms with van der Waals surface area (Å²) in [5, 5.41) is 43.3. The lowest BCUT2D eigenvalue weighted by molar-refractivity contribution is -0.542. The first-order chi connectivity index (χ1) is 16.2. The first-order valence-electron chi connectivity index (χ1n) is 10.3. The van der Waals surface area contributed by atoms with Crippen molar-refractivity contribution in [2.45, 2.75) is 18.5 Å². The van der Waals surface area contributed by atoms with Crippen LogP contribution in [0, 0.1) is 0 Å². The van der Waals surface area contributed by atoms with Crippen LogP contribution in [0.1, 0.15) is 35.2 Å². The number of hydrogen-bond acceptors (Lipinski definition) is 7. The topological polar surface area (TPSA) is 207 Å². The van der Waals surface area contributed by atoms with Gasteiger partial charge >= 0.3 is 0 Å². The molecule has 10 nitrogen and oxygen atoms in total. The first kappa shape index (κ1) is 22.5. The number of fused-ring (bicyclic) bond motifs is 1. The van der Waals surface area contributed by atoms with Crippen molar-refractivity contribution in [2.24, 2.45) is 10.7 Å². The highest BCUT2D eigenvalue weighted by molar-refractivity contribution is 5.92. The van der Waals surface area contributed by atoms with Crippen molar-refractivity contribution in [1.29, 1.82) is 0 Å². The van der Waals surface area contributed by atoms with E-state index in [1.807, 2.05) is 0 Å². The van der Waals surface area contributed by atoms with Gasteiger partial charge in [0, 0.05) is 40.7 Å². The summed E-state index contributed by atoms with van der Waals surface area (Å²) in [5.74, 6) is -5.06. The monoisotopic (exact) mass is 458 g/mol. The zero-order valence-corrected chi connectivity index (χ0v) is 17.8. The van der Waals surface area contributed by atoms with Crippen molar-refractivity contribution < 1.29 is 35.3 Å². The van der Waals surface area contributed by atoms with Crippen molar-refractivity contribution in [3.05, 3.63) is 82.0 Å². The minimum atomic E-state index is -1.61. The highest BCUT2D eigenvalue weighted by Gasteiger charge is 2.25. The second kappa shape index (κ2) is 8.66. The molecule has 10 heteroatoms. The molecule has 0 amide bonds. The first-order valence-corrected chi connectivity index (χ1v) is 10.3. The van der Waals surface area contributed by atoms with E-state index in [9.17, 15) is 24.9 Å². The summed E-state index contributed by atoms with van der Waals surface area (Å²) in [7, 11) is 0. The van der Waals surface area contributed by atoms with Gasteiger partial charge in [-0.05, 0) is 41.8 Å². The Morgan fingerprint density at radius 3 is 2.47 bits per heavy atom. The highest BCUT2D eigenvalue weighted by Crippen LogP contribution is 2.39. The Morgan fingerprint density at radius 1 is 1.09 bits per heavy atom. The summed E-state index contributed by atoms with van der Waals surface area (Å²) < 4.78 is 0. The second-order valence-electron chi connectivity index (χ2n) is 7.89. The molecule has 3 aromatic carbocycles. The minimum Gasteiger partial charge on any atom is -0.872 e. The lowest BCUT2D eigenvalue weighted by Crippen LogP contribution is -2.76. The third kappa shape index (κ3) is 4.16. The quantitative estimate of drug-likeness (QED) is 0.153. The molecule has 3 aromatic rings. The maximum atomic E-state index is 13.5. The van der Waals surface area contributed by atoms with E-state index < -0.39 is 36.2 Å². The summed E-state index contributed by atoms with van der Waals surface area (Å²) >= 11 is 0. The molecule has 1 unspecified atom stereocenters. The third-order valence-electron chi connectivity index (χ3n) is 5.63. The Morgan fingerprint density at radius 2 is 1.82 bits per heavy atom. The summed E-state index contributed by atoms with van der Waals surface area (Å²) in [5.41, 5.74) is 13.2. The molecule has 0 fully saturated rings. The van der Waals surface area contributed by atoms with Crippen LogP contribution in [-0.4, -0.2) is 17.8 Å². The number of carbonyl (C=O) groups is 2. The van der Waals surface area contributed by atoms with Gasteiger partial charge in [-0.3, -0.25) is 11.1 Å². The Kier molecular flexibility index (Phi) is 5.72. The summed E-state index contributed by atoms with van der Waals surface area (Å²) in [6, 6.07) is 14.3. The van der Waals surface area contributed by atoms with Gasteiger partial charge < -0.3 is 30.6 Å². The number of amidine groups is 1. The van der Waals surface area contributed by atoms with Gasteiger partial charge in [0.15, 0.2) is 0 Å². The predicted molar refractivity (Wildman–Crippen MR) is 113 cm³/mol. The molecule has 2 atom stereocenters. The van der Waals surface area contributed by atoms with Crippen molar-refractivity contribution in [2.75, 3.05) is 5.73 Å². The molecule has 1 aliphatic rings. The van der Waals surface area contributed by atoms with Gasteiger partial charge in [-0.15, -0.1) is 0 Å². The molecule has 0 bridgehead atoms. The van der Waals surface area contributed by atoms with Crippen LogP contribution in [0.3, 0.4) is 0 Å². The van der Waals surface area contributed by atoms with Gasteiger partial charge in [-0.25, -0.2) is 9.98 Å². The van der Waals surface area contributed by atoms with Gasteiger partial charge in [0.25, 0.3) is 12.0 Å². The van der Waals surface area contributed by atoms with Crippen molar-refractivity contribution in [3.8, 4) is 16.9 Å². The SMILES string of the molecule is NC(=[NH2+])c1ccc2c(c1)=NC(c1cc([C@@H](CC(=O)[O-])C(=O)[O-])cc(-c3ccccc3N)c1[O-])[NH+]=2. The molecule has 172 valence electrons. The van der Waals surface area contributed by atoms with Gasteiger partial charge in [0.05, 0.1) is 5.56 Å². The van der Waals surface area contributed by atoms with Gasteiger partial charge in [-0.1, -0.05) is 30.0 Å². The molecule has 0 aliphatic carbocycles. The number of nitrogens with zero attached hydrogens (tertiary/aromatic N) is 1. The fourth-order valence-corrected chi connectivity index (χ4v) is 3.93. The molecule has 0 saturated heterocycles. The number of nitrogens with two attached hydrogens (primary N) is 3. The number of rotatable bonds is 7. The van der Waals surface area contributed by atoms with E-state index in [2.05, 4.69) is 9.98 Å². The van der Waals surface area contributed by atoms with Gasteiger partial charge in [0.2, 0.25) is 5.36 Å². The van der Waals surface area contributed by atoms with Crippen LogP contribution < -0.4 is 47.9 Å². The molecule has 0 spiro atoms. The number of aliphatic carboxylic acids is 2. The van der Waals surface area contributed by atoms with E-state index in [4.69, 9.17) is 16.9 Å². The van der Waals surface area contributed by atoms with E-state index >= 15 is 0 Å². The fraction of sp³-hybridized carbons (Fsp3) is 0.125. The molecule has 1 heterocycles. The van der Waals surface area contributed by atoms with E-state index in [1.165, 1.54) is 12.1 Å². The molecule has 1 aliphatic heterocycles. The molecule has 0 radical (unpaired) electrons. The summed E-state index contributed by atoms with van der Waals surface area (Å²) in [6.45, 7) is 0. The summed E-state index contributed by atoms with van der Waals surface area (Å²) in [4.78, 5) is 30.6. The van der Waals surface area contributed by atoms with Crippen molar-refractivity contribution in [3.63, 3.8) is 0 Å². The Balaban J connectivity index is 1.94. The number of carboxylic acids is 2. The molecular weight excluding hydrogens is 438 g/mol. The Bertz CT molecular complexity index is 1470. The van der Waals surface area contributed by atoms with Crippen LogP contribution in [0.15, 0.2) is 59.6 Å². The number of nitrogens with one attached hydrogen (secondary N) is 1. The molecule has 0 aromatic heterocycles. The zero-order valence-electron chi connectivity index (χ0n) is 17.8. The zero-order chi connectivity index (χ0) is 24.6. The molecule has 0 saturated carbocycles. The van der Waals surface area contributed by atoms with Crippen molar-refractivity contribution >= 4 is 23.5 Å². The number of anilines is 1. The highest BCUT2D eigenvalue weighted by atomic mass is 16.4. The van der Waals surface area contributed by atoms with Crippen LogP contribution in [-0.2, 0) is 9.59 Å². The van der Waals surface area contributed by atoms with E-state index in [0.29, 0.717) is 27.5 Å². The van der Waals surface area contributed by atoms with E-state index in [-0.39, 0.29) is 22.5 Å². The Labute approximate surface area is 193 Å².